The summed E-state index contributed by atoms with van der Waals surface area (Å²) in [6, 6.07) is 8.77. The van der Waals surface area contributed by atoms with E-state index in [0.717, 1.165) is 18.7 Å². The SMILES string of the molecule is CCCCCN(Cc1ccc(CC(=O)NN)cc1)C(C)C. The van der Waals surface area contributed by atoms with Crippen molar-refractivity contribution in [2.75, 3.05) is 6.54 Å². The van der Waals surface area contributed by atoms with Crippen LogP contribution in [0.3, 0.4) is 0 Å². The van der Waals surface area contributed by atoms with Crippen molar-refractivity contribution in [1.82, 2.24) is 10.3 Å². The largest absolute Gasteiger partial charge is 0.297 e. The van der Waals surface area contributed by atoms with Crippen molar-refractivity contribution >= 4 is 5.91 Å². The molecule has 21 heavy (non-hydrogen) atoms. The minimum Gasteiger partial charge on any atom is -0.297 e. The summed E-state index contributed by atoms with van der Waals surface area (Å²) in [5.41, 5.74) is 4.44. The molecule has 0 aromatic heterocycles. The molecule has 0 spiro atoms. The molecule has 0 saturated carbocycles. The molecular weight excluding hydrogens is 262 g/mol. The molecule has 0 aliphatic heterocycles. The van der Waals surface area contributed by atoms with Crippen LogP contribution in [0.15, 0.2) is 24.3 Å². The van der Waals surface area contributed by atoms with Gasteiger partial charge in [0.1, 0.15) is 0 Å². The first kappa shape index (κ1) is 17.7. The van der Waals surface area contributed by atoms with Gasteiger partial charge in [0.25, 0.3) is 0 Å². The quantitative estimate of drug-likeness (QED) is 0.318. The second-order valence-corrected chi connectivity index (χ2v) is 5.83. The number of nitrogens with zero attached hydrogens (tertiary/aromatic N) is 1. The van der Waals surface area contributed by atoms with Crippen LogP contribution in [0.5, 0.6) is 0 Å². The van der Waals surface area contributed by atoms with Crippen LogP contribution in [0, 0.1) is 0 Å². The maximum absolute atomic E-state index is 11.2. The molecule has 0 bridgehead atoms. The Morgan fingerprint density at radius 3 is 2.33 bits per heavy atom. The maximum atomic E-state index is 11.2. The predicted octanol–water partition coefficient (Wildman–Crippen LogP) is 2.62. The van der Waals surface area contributed by atoms with Crippen molar-refractivity contribution in [3.05, 3.63) is 35.4 Å². The van der Waals surface area contributed by atoms with E-state index in [1.807, 2.05) is 12.1 Å². The lowest BCUT2D eigenvalue weighted by Gasteiger charge is -2.26. The number of carbonyl (C=O) groups excluding carboxylic acids is 1. The molecule has 0 heterocycles. The summed E-state index contributed by atoms with van der Waals surface area (Å²) in [6.07, 6.45) is 4.13. The van der Waals surface area contributed by atoms with Crippen molar-refractivity contribution in [2.24, 2.45) is 5.84 Å². The maximum Gasteiger partial charge on any atom is 0.238 e. The smallest absolute Gasteiger partial charge is 0.238 e. The van der Waals surface area contributed by atoms with E-state index in [9.17, 15) is 4.79 Å². The summed E-state index contributed by atoms with van der Waals surface area (Å²) < 4.78 is 0. The van der Waals surface area contributed by atoms with Crippen LogP contribution < -0.4 is 11.3 Å². The third kappa shape index (κ3) is 6.74. The highest BCUT2D eigenvalue weighted by molar-refractivity contribution is 5.77. The topological polar surface area (TPSA) is 58.4 Å². The molecule has 1 aromatic carbocycles. The molecule has 0 aliphatic rings. The van der Waals surface area contributed by atoms with Gasteiger partial charge in [0.15, 0.2) is 0 Å². The van der Waals surface area contributed by atoms with Crippen LogP contribution in [-0.2, 0) is 17.8 Å². The van der Waals surface area contributed by atoms with Gasteiger partial charge in [0.2, 0.25) is 5.91 Å². The summed E-state index contributed by atoms with van der Waals surface area (Å²) in [4.78, 5) is 13.7. The van der Waals surface area contributed by atoms with Gasteiger partial charge < -0.3 is 0 Å². The third-order valence-electron chi connectivity index (χ3n) is 3.71. The van der Waals surface area contributed by atoms with Gasteiger partial charge >= 0.3 is 0 Å². The lowest BCUT2D eigenvalue weighted by molar-refractivity contribution is -0.120. The molecule has 1 aromatic rings. The number of hydrogen-bond acceptors (Lipinski definition) is 3. The Labute approximate surface area is 128 Å². The Balaban J connectivity index is 2.57. The van der Waals surface area contributed by atoms with Gasteiger partial charge in [-0.3, -0.25) is 15.1 Å². The Hall–Kier alpha value is -1.39. The van der Waals surface area contributed by atoms with Gasteiger partial charge in [-0.1, -0.05) is 44.0 Å². The number of hydrogen-bond donors (Lipinski definition) is 2. The number of amides is 1. The molecule has 0 aliphatic carbocycles. The zero-order valence-electron chi connectivity index (χ0n) is 13.6. The number of rotatable bonds is 9. The molecule has 3 N–H and O–H groups in total. The molecule has 0 atom stereocenters. The molecule has 0 unspecified atom stereocenters. The van der Waals surface area contributed by atoms with Crippen molar-refractivity contribution in [3.63, 3.8) is 0 Å². The minimum atomic E-state index is -0.161. The fourth-order valence-electron chi connectivity index (χ4n) is 2.32. The van der Waals surface area contributed by atoms with E-state index in [0.29, 0.717) is 12.5 Å². The van der Waals surface area contributed by atoms with E-state index < -0.39 is 0 Å². The standard InChI is InChI=1S/C17H29N3O/c1-4-5-6-11-20(14(2)3)13-16-9-7-15(8-10-16)12-17(21)19-18/h7-10,14H,4-6,11-13,18H2,1-3H3,(H,19,21). The van der Waals surface area contributed by atoms with E-state index in [-0.39, 0.29) is 5.91 Å². The Morgan fingerprint density at radius 1 is 1.19 bits per heavy atom. The van der Waals surface area contributed by atoms with E-state index in [1.165, 1.54) is 24.8 Å². The van der Waals surface area contributed by atoms with Gasteiger partial charge in [-0.25, -0.2) is 5.84 Å². The number of nitrogens with one attached hydrogen (secondary N) is 1. The van der Waals surface area contributed by atoms with Gasteiger partial charge in [0, 0.05) is 12.6 Å². The number of nitrogens with two attached hydrogens (primary N) is 1. The Kier molecular flexibility index (Phi) is 8.01. The molecule has 0 radical (unpaired) electrons. The number of unbranched alkanes of at least 4 members (excludes halogenated alkanes) is 2. The van der Waals surface area contributed by atoms with E-state index in [2.05, 4.69) is 43.2 Å². The summed E-state index contributed by atoms with van der Waals surface area (Å²) in [5.74, 6) is 4.94. The lowest BCUT2D eigenvalue weighted by Crippen LogP contribution is -2.31. The number of benzene rings is 1. The first-order valence-electron chi connectivity index (χ1n) is 7.88. The van der Waals surface area contributed by atoms with Crippen LogP contribution in [0.1, 0.15) is 51.2 Å². The average Bonchev–Trinajstić information content (AvgIpc) is 2.48. The second kappa shape index (κ2) is 9.53. The van der Waals surface area contributed by atoms with E-state index in [1.54, 1.807) is 0 Å². The average molecular weight is 291 g/mol. The van der Waals surface area contributed by atoms with E-state index >= 15 is 0 Å². The van der Waals surface area contributed by atoms with Gasteiger partial charge in [-0.2, -0.15) is 0 Å². The zero-order valence-corrected chi connectivity index (χ0v) is 13.6. The highest BCUT2D eigenvalue weighted by Gasteiger charge is 2.10. The second-order valence-electron chi connectivity index (χ2n) is 5.83. The molecule has 0 saturated heterocycles. The third-order valence-corrected chi connectivity index (χ3v) is 3.71. The highest BCUT2D eigenvalue weighted by Crippen LogP contribution is 2.12. The molecule has 1 rings (SSSR count). The van der Waals surface area contributed by atoms with Crippen molar-refractivity contribution in [2.45, 2.75) is 59.0 Å². The van der Waals surface area contributed by atoms with Crippen molar-refractivity contribution in [1.29, 1.82) is 0 Å². The summed E-state index contributed by atoms with van der Waals surface area (Å²) in [6.45, 7) is 8.82. The first-order chi connectivity index (χ1) is 10.1. The lowest BCUT2D eigenvalue weighted by atomic mass is 10.1. The van der Waals surface area contributed by atoms with Crippen molar-refractivity contribution in [3.8, 4) is 0 Å². The predicted molar refractivity (Wildman–Crippen MR) is 87.5 cm³/mol. The molecule has 118 valence electrons. The fourth-order valence-corrected chi connectivity index (χ4v) is 2.32. The van der Waals surface area contributed by atoms with E-state index in [4.69, 9.17) is 5.84 Å². The van der Waals surface area contributed by atoms with Crippen LogP contribution >= 0.6 is 0 Å². The summed E-state index contributed by atoms with van der Waals surface area (Å²) in [5, 5.41) is 0. The molecular formula is C17H29N3O. The van der Waals surface area contributed by atoms with Crippen LogP contribution in [-0.4, -0.2) is 23.4 Å². The minimum absolute atomic E-state index is 0.161. The van der Waals surface area contributed by atoms with Crippen LogP contribution in [0.25, 0.3) is 0 Å². The fraction of sp³-hybridized carbons (Fsp3) is 0.588. The number of hydrazine groups is 1. The van der Waals surface area contributed by atoms with Gasteiger partial charge in [0.05, 0.1) is 6.42 Å². The highest BCUT2D eigenvalue weighted by atomic mass is 16.2. The Morgan fingerprint density at radius 2 is 1.81 bits per heavy atom. The molecule has 0 fully saturated rings. The monoisotopic (exact) mass is 291 g/mol. The normalized spacial score (nSPS) is 11.1. The van der Waals surface area contributed by atoms with Gasteiger partial charge in [-0.15, -0.1) is 0 Å². The molecule has 4 heteroatoms. The summed E-state index contributed by atoms with van der Waals surface area (Å²) in [7, 11) is 0. The summed E-state index contributed by atoms with van der Waals surface area (Å²) >= 11 is 0. The van der Waals surface area contributed by atoms with Crippen LogP contribution in [0.2, 0.25) is 0 Å². The van der Waals surface area contributed by atoms with Crippen LogP contribution in [0.4, 0.5) is 0 Å². The zero-order chi connectivity index (χ0) is 15.7. The van der Waals surface area contributed by atoms with Crippen molar-refractivity contribution < 1.29 is 4.79 Å². The first-order valence-corrected chi connectivity index (χ1v) is 7.88. The number of carbonyl (C=O) groups is 1. The Bertz CT molecular complexity index is 415. The van der Waals surface area contributed by atoms with Gasteiger partial charge in [-0.05, 0) is 37.9 Å². The molecule has 4 nitrogen and oxygen atoms in total. The molecule has 1 amide bonds.